The highest BCUT2D eigenvalue weighted by molar-refractivity contribution is 6.32. The Hall–Kier alpha value is -2.79. The summed E-state index contributed by atoms with van der Waals surface area (Å²) in [6.45, 7) is 2.00. The van der Waals surface area contributed by atoms with Crippen molar-refractivity contribution >= 4 is 34.0 Å². The normalized spacial score (nSPS) is 15.6. The number of anilines is 1. The summed E-state index contributed by atoms with van der Waals surface area (Å²) in [5, 5.41) is 1.26. The molecular weight excluding hydrogens is 402 g/mol. The number of ether oxygens (including phenoxy) is 1. The number of carbonyl (C=O) groups excluding carboxylic acids is 1. The summed E-state index contributed by atoms with van der Waals surface area (Å²) >= 11 is 6.41. The van der Waals surface area contributed by atoms with Crippen LogP contribution in [-0.4, -0.2) is 25.5 Å². The average molecular weight is 424 g/mol. The first-order valence-corrected chi connectivity index (χ1v) is 10.8. The second-order valence-corrected chi connectivity index (χ2v) is 8.34. The van der Waals surface area contributed by atoms with Crippen LogP contribution in [0.4, 0.5) is 5.69 Å². The van der Waals surface area contributed by atoms with E-state index in [1.54, 1.807) is 12.1 Å². The second kappa shape index (κ2) is 7.80. The van der Waals surface area contributed by atoms with E-state index in [1.807, 2.05) is 24.3 Å². The second-order valence-electron chi connectivity index (χ2n) is 7.93. The number of ketones is 1. The predicted octanol–water partition coefficient (Wildman–Crippen LogP) is 4.80. The van der Waals surface area contributed by atoms with Crippen molar-refractivity contribution < 1.29 is 13.9 Å². The number of halogens is 1. The molecule has 30 heavy (non-hydrogen) atoms. The summed E-state index contributed by atoms with van der Waals surface area (Å²) in [6, 6.07) is 11.0. The van der Waals surface area contributed by atoms with Gasteiger partial charge >= 0.3 is 5.63 Å². The molecule has 0 spiro atoms. The number of hydrogen-bond donors (Lipinski definition) is 0. The number of carbonyl (C=O) groups is 1. The lowest BCUT2D eigenvalue weighted by atomic mass is 10.1. The van der Waals surface area contributed by atoms with Crippen LogP contribution in [0.5, 0.6) is 5.75 Å². The van der Waals surface area contributed by atoms with Gasteiger partial charge in [0.1, 0.15) is 11.3 Å². The van der Waals surface area contributed by atoms with Gasteiger partial charge in [-0.3, -0.25) is 4.79 Å². The molecule has 2 aromatic carbocycles. The minimum absolute atomic E-state index is 0.130. The van der Waals surface area contributed by atoms with Crippen molar-refractivity contribution in [3.63, 3.8) is 0 Å². The van der Waals surface area contributed by atoms with Gasteiger partial charge in [0.15, 0.2) is 12.4 Å². The van der Waals surface area contributed by atoms with E-state index < -0.39 is 0 Å². The third-order valence-corrected chi connectivity index (χ3v) is 6.34. The highest BCUT2D eigenvalue weighted by Crippen LogP contribution is 2.34. The standard InChI is InChI=1S/C24H22ClNO4/c25-20-12-19-17-4-3-5-18(17)24(28)30-22(19)13-23(20)29-14-21(27)15-6-8-16(9-7-15)26-10-1-2-11-26/h6-9,12-13H,1-5,10-11,14H2. The molecule has 6 heteroatoms. The van der Waals surface area contributed by atoms with Crippen LogP contribution in [0.3, 0.4) is 0 Å². The summed E-state index contributed by atoms with van der Waals surface area (Å²) in [4.78, 5) is 27.1. The first-order valence-electron chi connectivity index (χ1n) is 10.4. The molecule has 3 aromatic rings. The number of fused-ring (bicyclic) bond motifs is 3. The zero-order chi connectivity index (χ0) is 20.7. The molecule has 0 amide bonds. The average Bonchev–Trinajstić information content (AvgIpc) is 3.45. The minimum atomic E-state index is -0.294. The van der Waals surface area contributed by atoms with Crippen molar-refractivity contribution in [1.29, 1.82) is 0 Å². The molecule has 0 N–H and O–H groups in total. The zero-order valence-electron chi connectivity index (χ0n) is 16.6. The molecule has 1 aliphatic carbocycles. The topological polar surface area (TPSA) is 59.8 Å². The van der Waals surface area contributed by atoms with E-state index in [0.29, 0.717) is 21.9 Å². The van der Waals surface area contributed by atoms with Gasteiger partial charge in [-0.15, -0.1) is 0 Å². The fourth-order valence-electron chi connectivity index (χ4n) is 4.45. The molecule has 5 rings (SSSR count). The highest BCUT2D eigenvalue weighted by Gasteiger charge is 2.21. The zero-order valence-corrected chi connectivity index (χ0v) is 17.3. The Morgan fingerprint density at radius 1 is 1.03 bits per heavy atom. The van der Waals surface area contributed by atoms with Crippen molar-refractivity contribution in [2.24, 2.45) is 0 Å². The van der Waals surface area contributed by atoms with Crippen LogP contribution in [0.25, 0.3) is 11.0 Å². The molecule has 1 fully saturated rings. The van der Waals surface area contributed by atoms with Gasteiger partial charge in [0.05, 0.1) is 5.02 Å². The Morgan fingerprint density at radius 3 is 2.53 bits per heavy atom. The van der Waals surface area contributed by atoms with Crippen molar-refractivity contribution in [2.75, 3.05) is 24.6 Å². The molecule has 0 radical (unpaired) electrons. The van der Waals surface area contributed by atoms with E-state index in [1.165, 1.54) is 12.8 Å². The third kappa shape index (κ3) is 3.47. The Labute approximate surface area is 179 Å². The third-order valence-electron chi connectivity index (χ3n) is 6.05. The first-order chi connectivity index (χ1) is 14.6. The Balaban J connectivity index is 1.33. The summed E-state index contributed by atoms with van der Waals surface area (Å²) in [6.07, 6.45) is 4.96. The van der Waals surface area contributed by atoms with Crippen LogP contribution in [0.15, 0.2) is 45.6 Å². The van der Waals surface area contributed by atoms with Crippen molar-refractivity contribution in [1.82, 2.24) is 0 Å². The lowest BCUT2D eigenvalue weighted by Crippen LogP contribution is -2.18. The minimum Gasteiger partial charge on any atom is -0.484 e. The summed E-state index contributed by atoms with van der Waals surface area (Å²) in [5.41, 5.74) is 3.66. The molecule has 0 unspecified atom stereocenters. The van der Waals surface area contributed by atoms with Crippen LogP contribution < -0.4 is 15.3 Å². The molecule has 1 aromatic heterocycles. The number of nitrogens with zero attached hydrogens (tertiary/aromatic N) is 1. The molecule has 1 saturated heterocycles. The molecule has 1 aliphatic heterocycles. The van der Waals surface area contributed by atoms with Gasteiger partial charge in [-0.05, 0) is 68.0 Å². The number of benzene rings is 2. The van der Waals surface area contributed by atoms with Gasteiger partial charge in [0, 0.05) is 41.4 Å². The highest BCUT2D eigenvalue weighted by atomic mass is 35.5. The van der Waals surface area contributed by atoms with E-state index in [-0.39, 0.29) is 18.0 Å². The maximum atomic E-state index is 12.6. The van der Waals surface area contributed by atoms with Crippen LogP contribution in [0, 0.1) is 0 Å². The number of rotatable bonds is 5. The summed E-state index contributed by atoms with van der Waals surface area (Å²) < 4.78 is 11.2. The number of hydrogen-bond acceptors (Lipinski definition) is 5. The molecule has 154 valence electrons. The van der Waals surface area contributed by atoms with Crippen LogP contribution >= 0.6 is 11.6 Å². The van der Waals surface area contributed by atoms with E-state index in [4.69, 9.17) is 20.8 Å². The van der Waals surface area contributed by atoms with E-state index in [9.17, 15) is 9.59 Å². The van der Waals surface area contributed by atoms with Gasteiger partial charge in [-0.1, -0.05) is 11.6 Å². The maximum absolute atomic E-state index is 12.6. The number of Topliss-reactive ketones (excluding diaryl/α,β-unsaturated/α-hetero) is 1. The van der Waals surface area contributed by atoms with Crippen LogP contribution in [0.1, 0.15) is 40.7 Å². The van der Waals surface area contributed by atoms with Crippen molar-refractivity contribution in [3.05, 3.63) is 68.5 Å². The first kappa shape index (κ1) is 19.2. The van der Waals surface area contributed by atoms with Gasteiger partial charge in [-0.25, -0.2) is 4.79 Å². The number of aryl methyl sites for hydroxylation is 1. The predicted molar refractivity (Wildman–Crippen MR) is 117 cm³/mol. The molecular formula is C24H22ClNO4. The quantitative estimate of drug-likeness (QED) is 0.436. The Morgan fingerprint density at radius 2 is 1.77 bits per heavy atom. The molecule has 0 saturated carbocycles. The van der Waals surface area contributed by atoms with Crippen molar-refractivity contribution in [3.8, 4) is 5.75 Å². The molecule has 2 heterocycles. The monoisotopic (exact) mass is 423 g/mol. The SMILES string of the molecule is O=C(COc1cc2oc(=O)c3c(c2cc1Cl)CCC3)c1ccc(N2CCCC2)cc1. The van der Waals surface area contributed by atoms with Gasteiger partial charge in [0.2, 0.25) is 0 Å². The maximum Gasteiger partial charge on any atom is 0.339 e. The summed E-state index contributed by atoms with van der Waals surface area (Å²) in [5.74, 6) is 0.210. The summed E-state index contributed by atoms with van der Waals surface area (Å²) in [7, 11) is 0. The lowest BCUT2D eigenvalue weighted by molar-refractivity contribution is 0.0921. The Bertz CT molecular complexity index is 1180. The van der Waals surface area contributed by atoms with Gasteiger partial charge in [0.25, 0.3) is 0 Å². The van der Waals surface area contributed by atoms with Crippen LogP contribution in [-0.2, 0) is 12.8 Å². The van der Waals surface area contributed by atoms with E-state index >= 15 is 0 Å². The molecule has 5 nitrogen and oxygen atoms in total. The molecule has 0 atom stereocenters. The van der Waals surface area contributed by atoms with Gasteiger partial charge in [-0.2, -0.15) is 0 Å². The van der Waals surface area contributed by atoms with Crippen LogP contribution in [0.2, 0.25) is 5.02 Å². The fraction of sp³-hybridized carbons (Fsp3) is 0.333. The van der Waals surface area contributed by atoms with E-state index in [2.05, 4.69) is 4.90 Å². The lowest BCUT2D eigenvalue weighted by Gasteiger charge is -2.17. The Kier molecular flexibility index (Phi) is 4.99. The smallest absolute Gasteiger partial charge is 0.339 e. The molecule has 2 aliphatic rings. The largest absolute Gasteiger partial charge is 0.484 e. The van der Waals surface area contributed by atoms with Crippen molar-refractivity contribution in [2.45, 2.75) is 32.1 Å². The fourth-order valence-corrected chi connectivity index (χ4v) is 4.67. The van der Waals surface area contributed by atoms with E-state index in [0.717, 1.165) is 54.6 Å². The molecule has 0 bridgehead atoms. The van der Waals surface area contributed by atoms with Gasteiger partial charge < -0.3 is 14.1 Å².